The number of hydrogen-bond acceptors (Lipinski definition) is 3. The Balaban J connectivity index is 2.46. The van der Waals surface area contributed by atoms with Gasteiger partial charge in [-0.3, -0.25) is 9.59 Å². The second-order valence-electron chi connectivity index (χ2n) is 4.26. The van der Waals surface area contributed by atoms with Crippen LogP contribution in [0.3, 0.4) is 0 Å². The Kier molecular flexibility index (Phi) is 5.50. The van der Waals surface area contributed by atoms with Crippen LogP contribution in [0.15, 0.2) is 0 Å². The summed E-state index contributed by atoms with van der Waals surface area (Å²) in [4.78, 5) is 23.7. The molecule has 0 aromatic rings. The molecule has 17 heavy (non-hydrogen) atoms. The molecule has 0 spiro atoms. The number of carboxylic acids is 1. The molecule has 1 unspecified atom stereocenters. The van der Waals surface area contributed by atoms with E-state index in [1.54, 1.807) is 0 Å². The van der Waals surface area contributed by atoms with Crippen molar-refractivity contribution in [3.05, 3.63) is 0 Å². The van der Waals surface area contributed by atoms with Crippen molar-refractivity contribution in [2.24, 2.45) is 5.92 Å². The summed E-state index contributed by atoms with van der Waals surface area (Å²) in [6.07, 6.45) is 7.58. The predicted octanol–water partition coefficient (Wildman–Crippen LogP) is -0.0775. The van der Waals surface area contributed by atoms with Gasteiger partial charge in [0.15, 0.2) is 0 Å². The van der Waals surface area contributed by atoms with Crippen LogP contribution in [0, 0.1) is 18.3 Å². The third kappa shape index (κ3) is 4.87. The van der Waals surface area contributed by atoms with Gasteiger partial charge < -0.3 is 15.3 Å². The van der Waals surface area contributed by atoms with E-state index >= 15 is 0 Å². The van der Waals surface area contributed by atoms with E-state index in [-0.39, 0.29) is 19.0 Å². The maximum atomic E-state index is 11.9. The Bertz CT molecular complexity index is 316. The van der Waals surface area contributed by atoms with Crippen LogP contribution in [0.2, 0.25) is 0 Å². The highest BCUT2D eigenvalue weighted by atomic mass is 16.4. The van der Waals surface area contributed by atoms with Crippen LogP contribution in [0.4, 0.5) is 0 Å². The van der Waals surface area contributed by atoms with Gasteiger partial charge in [-0.05, 0) is 31.8 Å². The number of nitrogens with zero attached hydrogens (tertiary/aromatic N) is 1. The van der Waals surface area contributed by atoms with E-state index in [0.717, 1.165) is 25.9 Å². The van der Waals surface area contributed by atoms with E-state index in [1.165, 1.54) is 4.90 Å². The molecule has 1 fully saturated rings. The third-order valence-electron chi connectivity index (χ3n) is 2.82. The quantitative estimate of drug-likeness (QED) is 0.657. The summed E-state index contributed by atoms with van der Waals surface area (Å²) in [6, 6.07) is 0. The van der Waals surface area contributed by atoms with Crippen molar-refractivity contribution in [1.29, 1.82) is 0 Å². The zero-order valence-electron chi connectivity index (χ0n) is 9.82. The van der Waals surface area contributed by atoms with Gasteiger partial charge in [0, 0.05) is 6.42 Å². The molecular weight excluding hydrogens is 220 g/mol. The van der Waals surface area contributed by atoms with Crippen molar-refractivity contribution in [3.8, 4) is 12.3 Å². The first kappa shape index (κ1) is 13.5. The van der Waals surface area contributed by atoms with Crippen LogP contribution in [0.25, 0.3) is 0 Å². The van der Waals surface area contributed by atoms with E-state index in [4.69, 9.17) is 11.5 Å². The van der Waals surface area contributed by atoms with Crippen molar-refractivity contribution in [2.75, 3.05) is 26.2 Å². The van der Waals surface area contributed by atoms with Crippen LogP contribution in [0.5, 0.6) is 0 Å². The first-order valence-electron chi connectivity index (χ1n) is 5.77. The third-order valence-corrected chi connectivity index (χ3v) is 2.82. The summed E-state index contributed by atoms with van der Waals surface area (Å²) in [5, 5.41) is 11.9. The number of terminal acetylenes is 1. The summed E-state index contributed by atoms with van der Waals surface area (Å²) < 4.78 is 0. The molecule has 1 aliphatic heterocycles. The lowest BCUT2D eigenvalue weighted by molar-refractivity contribution is -0.144. The van der Waals surface area contributed by atoms with Gasteiger partial charge in [-0.25, -0.2) is 0 Å². The van der Waals surface area contributed by atoms with Crippen molar-refractivity contribution in [3.63, 3.8) is 0 Å². The van der Waals surface area contributed by atoms with Gasteiger partial charge in [0.1, 0.15) is 6.54 Å². The molecule has 1 amide bonds. The number of carbonyl (C=O) groups is 2. The number of nitrogens with one attached hydrogen (secondary N) is 1. The van der Waals surface area contributed by atoms with Gasteiger partial charge >= 0.3 is 5.97 Å². The van der Waals surface area contributed by atoms with E-state index in [0.29, 0.717) is 12.3 Å². The number of carbonyl (C=O) groups excluding carboxylic acids is 1. The average molecular weight is 238 g/mol. The second kappa shape index (κ2) is 6.92. The van der Waals surface area contributed by atoms with Gasteiger partial charge in [0.25, 0.3) is 0 Å². The fraction of sp³-hybridized carbons (Fsp3) is 0.667. The summed E-state index contributed by atoms with van der Waals surface area (Å²) >= 11 is 0. The normalized spacial score (nSPS) is 19.4. The Morgan fingerprint density at radius 3 is 2.82 bits per heavy atom. The Hall–Kier alpha value is -1.54. The molecule has 0 aromatic carbocycles. The highest BCUT2D eigenvalue weighted by molar-refractivity contribution is 5.81. The lowest BCUT2D eigenvalue weighted by Gasteiger charge is -2.25. The number of aliphatic carboxylic acids is 1. The van der Waals surface area contributed by atoms with E-state index in [9.17, 15) is 9.59 Å². The van der Waals surface area contributed by atoms with Crippen LogP contribution in [-0.4, -0.2) is 48.1 Å². The lowest BCUT2D eigenvalue weighted by Crippen LogP contribution is -2.39. The molecule has 1 saturated heterocycles. The highest BCUT2D eigenvalue weighted by Gasteiger charge is 2.21. The first-order chi connectivity index (χ1) is 8.13. The Morgan fingerprint density at radius 1 is 1.53 bits per heavy atom. The zero-order chi connectivity index (χ0) is 12.7. The zero-order valence-corrected chi connectivity index (χ0v) is 9.82. The smallest absolute Gasteiger partial charge is 0.323 e. The minimum atomic E-state index is -1.03. The van der Waals surface area contributed by atoms with Crippen molar-refractivity contribution in [2.45, 2.75) is 19.3 Å². The number of hydrogen-bond donors (Lipinski definition) is 2. The molecule has 1 rings (SSSR count). The molecule has 2 N–H and O–H groups in total. The molecule has 0 saturated carbocycles. The van der Waals surface area contributed by atoms with E-state index < -0.39 is 5.97 Å². The SMILES string of the molecule is C#CCN(CC(=O)O)C(=O)CC1CCCNC1. The molecule has 0 radical (unpaired) electrons. The summed E-state index contributed by atoms with van der Waals surface area (Å²) in [7, 11) is 0. The molecule has 5 heteroatoms. The fourth-order valence-corrected chi connectivity index (χ4v) is 1.98. The van der Waals surface area contributed by atoms with Gasteiger partial charge in [0.2, 0.25) is 5.91 Å². The van der Waals surface area contributed by atoms with E-state index in [1.807, 2.05) is 0 Å². The molecule has 94 valence electrons. The lowest BCUT2D eigenvalue weighted by atomic mass is 9.95. The molecule has 0 bridgehead atoms. The molecular formula is C12H18N2O3. The average Bonchev–Trinajstić information content (AvgIpc) is 2.29. The number of amides is 1. The van der Waals surface area contributed by atoms with Gasteiger partial charge in [-0.2, -0.15) is 0 Å². The number of piperidine rings is 1. The maximum absolute atomic E-state index is 11.9. The number of carboxylic acid groups (broad SMARTS) is 1. The van der Waals surface area contributed by atoms with Gasteiger partial charge in [0.05, 0.1) is 6.54 Å². The van der Waals surface area contributed by atoms with Crippen molar-refractivity contribution < 1.29 is 14.7 Å². The van der Waals surface area contributed by atoms with Crippen LogP contribution in [0.1, 0.15) is 19.3 Å². The Morgan fingerprint density at radius 2 is 2.29 bits per heavy atom. The topological polar surface area (TPSA) is 69.6 Å². The predicted molar refractivity (Wildman–Crippen MR) is 63.3 cm³/mol. The highest BCUT2D eigenvalue weighted by Crippen LogP contribution is 2.15. The molecule has 0 aromatic heterocycles. The monoisotopic (exact) mass is 238 g/mol. The van der Waals surface area contributed by atoms with Gasteiger partial charge in [-0.1, -0.05) is 5.92 Å². The number of rotatable bonds is 5. The summed E-state index contributed by atoms with van der Waals surface area (Å²) in [5.74, 6) is 1.41. The molecule has 1 heterocycles. The van der Waals surface area contributed by atoms with Crippen molar-refractivity contribution in [1.82, 2.24) is 10.2 Å². The summed E-state index contributed by atoms with van der Waals surface area (Å²) in [6.45, 7) is 1.56. The summed E-state index contributed by atoms with van der Waals surface area (Å²) in [5.41, 5.74) is 0. The van der Waals surface area contributed by atoms with Gasteiger partial charge in [-0.15, -0.1) is 6.42 Å². The minimum absolute atomic E-state index is 0.0608. The Labute approximate surface area is 101 Å². The van der Waals surface area contributed by atoms with E-state index in [2.05, 4.69) is 11.2 Å². The van der Waals surface area contributed by atoms with Crippen LogP contribution in [-0.2, 0) is 9.59 Å². The minimum Gasteiger partial charge on any atom is -0.480 e. The largest absolute Gasteiger partial charge is 0.480 e. The van der Waals surface area contributed by atoms with Crippen LogP contribution >= 0.6 is 0 Å². The molecule has 5 nitrogen and oxygen atoms in total. The van der Waals surface area contributed by atoms with Crippen molar-refractivity contribution >= 4 is 11.9 Å². The first-order valence-corrected chi connectivity index (χ1v) is 5.77. The second-order valence-corrected chi connectivity index (χ2v) is 4.26. The molecule has 1 atom stereocenters. The maximum Gasteiger partial charge on any atom is 0.323 e. The molecule has 1 aliphatic rings. The standard InChI is InChI=1S/C12H18N2O3/c1-2-6-14(9-12(16)17)11(15)7-10-4-3-5-13-8-10/h1,10,13H,3-9H2,(H,16,17). The fourth-order valence-electron chi connectivity index (χ4n) is 1.98. The van der Waals surface area contributed by atoms with Crippen LogP contribution < -0.4 is 5.32 Å². The molecule has 0 aliphatic carbocycles.